The monoisotopic (exact) mass is 588 g/mol. The fraction of sp³-hybridized carbons (Fsp3) is 0.0238. The Bertz CT molecular complexity index is 2480. The van der Waals surface area contributed by atoms with Crippen LogP contribution in [-0.2, 0) is 5.41 Å². The molecule has 4 heteroatoms. The zero-order valence-corrected chi connectivity index (χ0v) is 25.0. The average Bonchev–Trinajstić information content (AvgIpc) is 3.54. The highest BCUT2D eigenvalue weighted by Crippen LogP contribution is 2.47. The summed E-state index contributed by atoms with van der Waals surface area (Å²) in [5, 5.41) is 2.12. The summed E-state index contributed by atoms with van der Waals surface area (Å²) in [5.41, 5.74) is 11.1. The molecule has 46 heavy (non-hydrogen) atoms. The molecule has 9 rings (SSSR count). The Hall–Kier alpha value is -6.13. The number of imidazole rings is 1. The third-order valence-corrected chi connectivity index (χ3v) is 9.20. The molecule has 9 aromatic rings. The maximum Gasteiger partial charge on any atom is 0.147 e. The SMILES string of the molecule is c1ccc(C(c2ccccc2)(c2cccc(-c3ccccn3)c2)c2ccc3c(c2)c2ncccc2c2nc4ccccc4n32)cc1. The number of fused-ring (bicyclic) bond motifs is 8. The normalized spacial score (nSPS) is 11.9. The Morgan fingerprint density at radius 3 is 1.93 bits per heavy atom. The second-order valence-corrected chi connectivity index (χ2v) is 11.7. The Morgan fingerprint density at radius 2 is 1.15 bits per heavy atom. The summed E-state index contributed by atoms with van der Waals surface area (Å²) >= 11 is 0. The molecule has 0 amide bonds. The molecule has 0 spiro atoms. The highest BCUT2D eigenvalue weighted by molar-refractivity contribution is 6.12. The summed E-state index contributed by atoms with van der Waals surface area (Å²) in [5.74, 6) is 0. The van der Waals surface area contributed by atoms with Gasteiger partial charge in [-0.3, -0.25) is 14.4 Å². The Balaban J connectivity index is 1.43. The maximum atomic E-state index is 5.06. The fourth-order valence-corrected chi connectivity index (χ4v) is 7.23. The van der Waals surface area contributed by atoms with Crippen LogP contribution in [0.3, 0.4) is 0 Å². The van der Waals surface area contributed by atoms with Crippen molar-refractivity contribution < 1.29 is 0 Å². The van der Waals surface area contributed by atoms with Gasteiger partial charge in [0.15, 0.2) is 0 Å². The van der Waals surface area contributed by atoms with E-state index < -0.39 is 5.41 Å². The lowest BCUT2D eigenvalue weighted by molar-refractivity contribution is 0.746. The standard InChI is InChI=1S/C42H28N4/c1-3-14-30(15-4-1)42(31-16-5-2-6-17-31,32-18-11-13-29(27-32)36-20-9-10-25-43-36)33-23-24-38-35(28-33)40-34(19-12-26-44-40)41-45-37-21-7-8-22-39(37)46(38)41/h1-28H. The third kappa shape index (κ3) is 3.90. The number of pyridine rings is 3. The fourth-order valence-electron chi connectivity index (χ4n) is 7.23. The molecule has 5 aromatic carbocycles. The van der Waals surface area contributed by atoms with E-state index >= 15 is 0 Å². The van der Waals surface area contributed by atoms with E-state index in [1.807, 2.05) is 36.7 Å². The molecular formula is C42H28N4. The summed E-state index contributed by atoms with van der Waals surface area (Å²) in [7, 11) is 0. The lowest BCUT2D eigenvalue weighted by Gasteiger charge is -2.37. The largest absolute Gasteiger partial charge is 0.292 e. The number of aromatic nitrogens is 4. The van der Waals surface area contributed by atoms with Gasteiger partial charge < -0.3 is 0 Å². The highest BCUT2D eigenvalue weighted by Gasteiger charge is 2.39. The first kappa shape index (κ1) is 26.3. The summed E-state index contributed by atoms with van der Waals surface area (Å²) in [6.07, 6.45) is 3.73. The molecule has 0 aliphatic rings. The number of benzene rings is 5. The molecule has 4 aromatic heterocycles. The van der Waals surface area contributed by atoms with Crippen LogP contribution in [0.4, 0.5) is 0 Å². The summed E-state index contributed by atoms with van der Waals surface area (Å²) < 4.78 is 2.28. The van der Waals surface area contributed by atoms with Gasteiger partial charge in [-0.25, -0.2) is 4.98 Å². The molecule has 4 heterocycles. The summed E-state index contributed by atoms with van der Waals surface area (Å²) in [4.78, 5) is 14.7. The van der Waals surface area contributed by atoms with Crippen LogP contribution in [0.2, 0.25) is 0 Å². The molecule has 4 nitrogen and oxygen atoms in total. The van der Waals surface area contributed by atoms with Gasteiger partial charge in [-0.15, -0.1) is 0 Å². The topological polar surface area (TPSA) is 43.1 Å². The van der Waals surface area contributed by atoms with Crippen molar-refractivity contribution in [2.45, 2.75) is 5.41 Å². The first-order valence-corrected chi connectivity index (χ1v) is 15.5. The smallest absolute Gasteiger partial charge is 0.147 e. The number of hydrogen-bond acceptors (Lipinski definition) is 3. The van der Waals surface area contributed by atoms with E-state index in [0.29, 0.717) is 0 Å². The van der Waals surface area contributed by atoms with Crippen molar-refractivity contribution in [3.05, 3.63) is 192 Å². The Kier molecular flexibility index (Phi) is 6.00. The van der Waals surface area contributed by atoms with Gasteiger partial charge in [0.1, 0.15) is 5.65 Å². The van der Waals surface area contributed by atoms with Gasteiger partial charge in [0.25, 0.3) is 0 Å². The predicted octanol–water partition coefficient (Wildman–Crippen LogP) is 9.63. The second-order valence-electron chi connectivity index (χ2n) is 11.7. The van der Waals surface area contributed by atoms with Gasteiger partial charge >= 0.3 is 0 Å². The number of rotatable bonds is 5. The van der Waals surface area contributed by atoms with E-state index in [2.05, 4.69) is 138 Å². The minimum Gasteiger partial charge on any atom is -0.292 e. The number of nitrogens with zero attached hydrogens (tertiary/aromatic N) is 4. The van der Waals surface area contributed by atoms with Crippen LogP contribution in [0, 0.1) is 0 Å². The number of hydrogen-bond donors (Lipinski definition) is 0. The number of para-hydroxylation sites is 2. The van der Waals surface area contributed by atoms with Crippen LogP contribution in [0.1, 0.15) is 22.3 Å². The maximum absolute atomic E-state index is 5.06. The predicted molar refractivity (Wildman–Crippen MR) is 187 cm³/mol. The molecule has 0 saturated carbocycles. The van der Waals surface area contributed by atoms with E-state index in [-0.39, 0.29) is 0 Å². The van der Waals surface area contributed by atoms with E-state index in [1.54, 1.807) is 0 Å². The van der Waals surface area contributed by atoms with Crippen molar-refractivity contribution in [2.24, 2.45) is 0 Å². The van der Waals surface area contributed by atoms with Gasteiger partial charge in [-0.2, -0.15) is 0 Å². The summed E-state index contributed by atoms with van der Waals surface area (Å²) in [6.45, 7) is 0. The van der Waals surface area contributed by atoms with Crippen molar-refractivity contribution in [1.29, 1.82) is 0 Å². The molecule has 0 atom stereocenters. The lowest BCUT2D eigenvalue weighted by Crippen LogP contribution is -2.31. The van der Waals surface area contributed by atoms with Gasteiger partial charge in [0, 0.05) is 28.7 Å². The minimum absolute atomic E-state index is 0.630. The van der Waals surface area contributed by atoms with Crippen LogP contribution >= 0.6 is 0 Å². The van der Waals surface area contributed by atoms with E-state index in [9.17, 15) is 0 Å². The Labute approximate surface area is 266 Å². The van der Waals surface area contributed by atoms with Crippen molar-refractivity contribution in [1.82, 2.24) is 19.4 Å². The van der Waals surface area contributed by atoms with Crippen LogP contribution in [0.5, 0.6) is 0 Å². The molecule has 0 aliphatic heterocycles. The van der Waals surface area contributed by atoms with Crippen molar-refractivity contribution >= 4 is 38.5 Å². The van der Waals surface area contributed by atoms with Crippen LogP contribution < -0.4 is 0 Å². The van der Waals surface area contributed by atoms with Crippen LogP contribution in [-0.4, -0.2) is 19.4 Å². The van der Waals surface area contributed by atoms with Gasteiger partial charge in [-0.1, -0.05) is 103 Å². The molecule has 0 saturated heterocycles. The van der Waals surface area contributed by atoms with E-state index in [1.165, 1.54) is 16.7 Å². The second kappa shape index (κ2) is 10.5. The zero-order chi connectivity index (χ0) is 30.5. The van der Waals surface area contributed by atoms with Crippen molar-refractivity contribution in [2.75, 3.05) is 0 Å². The summed E-state index contributed by atoms with van der Waals surface area (Å²) in [6, 6.07) is 56.0. The van der Waals surface area contributed by atoms with Gasteiger partial charge in [0.2, 0.25) is 0 Å². The van der Waals surface area contributed by atoms with Crippen LogP contribution in [0.15, 0.2) is 170 Å². The first-order valence-electron chi connectivity index (χ1n) is 15.5. The quantitative estimate of drug-likeness (QED) is 0.149. The van der Waals surface area contributed by atoms with Gasteiger partial charge in [-0.05, 0) is 76.9 Å². The third-order valence-electron chi connectivity index (χ3n) is 9.20. The zero-order valence-electron chi connectivity index (χ0n) is 25.0. The van der Waals surface area contributed by atoms with Crippen molar-refractivity contribution in [3.63, 3.8) is 0 Å². The highest BCUT2D eigenvalue weighted by atomic mass is 15.0. The van der Waals surface area contributed by atoms with Crippen molar-refractivity contribution in [3.8, 4) is 11.3 Å². The van der Waals surface area contributed by atoms with E-state index in [4.69, 9.17) is 15.0 Å². The first-order chi connectivity index (χ1) is 22.8. The molecular weight excluding hydrogens is 560 g/mol. The molecule has 0 aliphatic carbocycles. The molecule has 0 bridgehead atoms. The molecule has 0 N–H and O–H groups in total. The van der Waals surface area contributed by atoms with E-state index in [0.717, 1.165) is 55.3 Å². The minimum atomic E-state index is -0.630. The molecule has 0 unspecified atom stereocenters. The Morgan fingerprint density at radius 1 is 0.457 bits per heavy atom. The lowest BCUT2D eigenvalue weighted by atomic mass is 9.64. The van der Waals surface area contributed by atoms with Crippen LogP contribution in [0.25, 0.3) is 49.7 Å². The molecule has 0 fully saturated rings. The molecule has 0 radical (unpaired) electrons. The van der Waals surface area contributed by atoms with Gasteiger partial charge in [0.05, 0.1) is 33.2 Å². The average molecular weight is 589 g/mol. The molecule has 216 valence electrons.